The number of carboxylic acid groups (broad SMARTS) is 1. The summed E-state index contributed by atoms with van der Waals surface area (Å²) in [7, 11) is 4.09. The number of hydrogen-bond donors (Lipinski definition) is 2. The molecular weight excluding hydrogens is 276 g/mol. The highest BCUT2D eigenvalue weighted by molar-refractivity contribution is 7.10. The first-order valence-electron chi connectivity index (χ1n) is 6.29. The molecule has 0 saturated carbocycles. The van der Waals surface area contributed by atoms with Crippen LogP contribution in [0.2, 0.25) is 0 Å². The fourth-order valence-electron chi connectivity index (χ4n) is 1.94. The van der Waals surface area contributed by atoms with E-state index in [0.717, 1.165) is 6.54 Å². The number of carbonyl (C=O) groups is 1. The quantitative estimate of drug-likeness (QED) is 0.821. The van der Waals surface area contributed by atoms with Crippen molar-refractivity contribution in [2.75, 3.05) is 20.6 Å². The summed E-state index contributed by atoms with van der Waals surface area (Å²) >= 11 is 1.73. The Balaban J connectivity index is 1.88. The van der Waals surface area contributed by atoms with Crippen LogP contribution in [-0.4, -0.2) is 36.6 Å². The van der Waals surface area contributed by atoms with Crippen molar-refractivity contribution >= 4 is 17.3 Å². The molecule has 0 amide bonds. The van der Waals surface area contributed by atoms with Crippen LogP contribution in [0.15, 0.2) is 34.3 Å². The third kappa shape index (κ3) is 3.69. The first-order chi connectivity index (χ1) is 9.58. The summed E-state index contributed by atoms with van der Waals surface area (Å²) < 4.78 is 5.20. The molecule has 2 N–H and O–H groups in total. The number of nitrogens with zero attached hydrogens (tertiary/aromatic N) is 1. The summed E-state index contributed by atoms with van der Waals surface area (Å²) in [6.07, 6.45) is 1.27. The molecule has 0 radical (unpaired) electrons. The molecule has 2 heterocycles. The van der Waals surface area contributed by atoms with Gasteiger partial charge in [-0.15, -0.1) is 11.3 Å². The average Bonchev–Trinajstić information content (AvgIpc) is 3.05. The molecule has 0 fully saturated rings. The summed E-state index contributed by atoms with van der Waals surface area (Å²) in [5, 5.41) is 14.2. The molecule has 6 heteroatoms. The van der Waals surface area contributed by atoms with Crippen molar-refractivity contribution in [1.82, 2.24) is 10.2 Å². The van der Waals surface area contributed by atoms with E-state index in [4.69, 9.17) is 9.52 Å². The van der Waals surface area contributed by atoms with Crippen LogP contribution in [0.3, 0.4) is 0 Å². The lowest BCUT2D eigenvalue weighted by molar-refractivity contribution is 0.0696. The molecule has 0 aliphatic rings. The molecule has 0 aromatic carbocycles. The topological polar surface area (TPSA) is 65.7 Å². The van der Waals surface area contributed by atoms with Crippen molar-refractivity contribution in [2.45, 2.75) is 12.6 Å². The minimum Gasteiger partial charge on any atom is -0.478 e. The van der Waals surface area contributed by atoms with Crippen LogP contribution in [0, 0.1) is 0 Å². The minimum absolute atomic E-state index is 0.184. The predicted molar refractivity (Wildman–Crippen MR) is 78.1 cm³/mol. The number of thiophene rings is 1. The molecule has 0 aliphatic heterocycles. The van der Waals surface area contributed by atoms with E-state index in [2.05, 4.69) is 21.7 Å². The lowest BCUT2D eigenvalue weighted by Gasteiger charge is -2.23. The molecule has 0 spiro atoms. The minimum atomic E-state index is -0.968. The van der Waals surface area contributed by atoms with Crippen LogP contribution in [0.25, 0.3) is 0 Å². The molecule has 2 aromatic rings. The van der Waals surface area contributed by atoms with Gasteiger partial charge in [0, 0.05) is 11.4 Å². The number of nitrogens with one attached hydrogen (secondary N) is 1. The Morgan fingerprint density at radius 3 is 2.90 bits per heavy atom. The van der Waals surface area contributed by atoms with Gasteiger partial charge in [0.05, 0.1) is 18.2 Å². The van der Waals surface area contributed by atoms with E-state index >= 15 is 0 Å². The van der Waals surface area contributed by atoms with E-state index in [0.29, 0.717) is 18.3 Å². The Bertz CT molecular complexity index is 549. The first kappa shape index (κ1) is 14.8. The van der Waals surface area contributed by atoms with Crippen molar-refractivity contribution in [2.24, 2.45) is 0 Å². The van der Waals surface area contributed by atoms with Crippen LogP contribution >= 0.6 is 11.3 Å². The van der Waals surface area contributed by atoms with Gasteiger partial charge in [-0.3, -0.25) is 0 Å². The maximum atomic E-state index is 10.8. The molecule has 108 valence electrons. The van der Waals surface area contributed by atoms with Gasteiger partial charge in [-0.2, -0.15) is 0 Å². The highest BCUT2D eigenvalue weighted by atomic mass is 32.1. The van der Waals surface area contributed by atoms with E-state index in [1.807, 2.05) is 20.2 Å². The van der Waals surface area contributed by atoms with Crippen molar-refractivity contribution in [3.63, 3.8) is 0 Å². The standard InChI is InChI=1S/C14H18N2O3S/c1-16(2)12(13-4-3-5-20-13)8-15-7-11-6-10(9-19-11)14(17)18/h3-6,9,12,15H,7-8H2,1-2H3,(H,17,18). The van der Waals surface area contributed by atoms with Gasteiger partial charge in [0.15, 0.2) is 0 Å². The van der Waals surface area contributed by atoms with Crippen LogP contribution in [0.1, 0.15) is 27.0 Å². The Labute approximate surface area is 121 Å². The zero-order chi connectivity index (χ0) is 14.5. The monoisotopic (exact) mass is 294 g/mol. The van der Waals surface area contributed by atoms with Gasteiger partial charge in [0.25, 0.3) is 0 Å². The largest absolute Gasteiger partial charge is 0.478 e. The van der Waals surface area contributed by atoms with Crippen molar-refractivity contribution in [3.05, 3.63) is 46.0 Å². The Morgan fingerprint density at radius 1 is 1.55 bits per heavy atom. The second kappa shape index (κ2) is 6.69. The van der Waals surface area contributed by atoms with Crippen molar-refractivity contribution in [3.8, 4) is 0 Å². The van der Waals surface area contributed by atoms with E-state index in [-0.39, 0.29) is 5.56 Å². The van der Waals surface area contributed by atoms with Crippen molar-refractivity contribution in [1.29, 1.82) is 0 Å². The molecule has 0 bridgehead atoms. The molecule has 1 atom stereocenters. The SMILES string of the molecule is CN(C)C(CNCc1cc(C(=O)O)co1)c1cccs1. The van der Waals surface area contributed by atoms with E-state index in [9.17, 15) is 4.79 Å². The number of likely N-dealkylation sites (N-methyl/N-ethyl adjacent to an activating group) is 1. The number of aromatic carboxylic acids is 1. The number of hydrogen-bond acceptors (Lipinski definition) is 5. The highest BCUT2D eigenvalue weighted by Crippen LogP contribution is 2.22. The van der Waals surface area contributed by atoms with Crippen LogP contribution in [0.5, 0.6) is 0 Å². The molecule has 2 rings (SSSR count). The molecule has 0 aliphatic carbocycles. The predicted octanol–water partition coefficient (Wildman–Crippen LogP) is 2.43. The first-order valence-corrected chi connectivity index (χ1v) is 7.17. The lowest BCUT2D eigenvalue weighted by atomic mass is 10.2. The number of rotatable bonds is 7. The highest BCUT2D eigenvalue weighted by Gasteiger charge is 2.15. The fraction of sp³-hybridized carbons (Fsp3) is 0.357. The summed E-state index contributed by atoms with van der Waals surface area (Å²) in [6.45, 7) is 1.29. The second-order valence-electron chi connectivity index (χ2n) is 4.73. The Kier molecular flexibility index (Phi) is 4.94. The van der Waals surface area contributed by atoms with Crippen LogP contribution in [-0.2, 0) is 6.54 Å². The second-order valence-corrected chi connectivity index (χ2v) is 5.71. The Hall–Kier alpha value is -1.63. The third-order valence-electron chi connectivity index (χ3n) is 3.03. The molecule has 1 unspecified atom stereocenters. The van der Waals surface area contributed by atoms with Crippen LogP contribution < -0.4 is 5.32 Å². The molecular formula is C14H18N2O3S. The maximum Gasteiger partial charge on any atom is 0.338 e. The summed E-state index contributed by atoms with van der Waals surface area (Å²) in [5.41, 5.74) is 0.184. The van der Waals surface area contributed by atoms with E-state index in [1.54, 1.807) is 17.4 Å². The number of carboxylic acids is 1. The molecule has 2 aromatic heterocycles. The smallest absolute Gasteiger partial charge is 0.338 e. The third-order valence-corrected chi connectivity index (χ3v) is 4.01. The number of furan rings is 1. The van der Waals surface area contributed by atoms with Gasteiger partial charge in [-0.05, 0) is 31.6 Å². The lowest BCUT2D eigenvalue weighted by Crippen LogP contribution is -2.30. The summed E-state index contributed by atoms with van der Waals surface area (Å²) in [6, 6.07) is 6.00. The maximum absolute atomic E-state index is 10.8. The molecule has 0 saturated heterocycles. The summed E-state index contributed by atoms with van der Waals surface area (Å²) in [4.78, 5) is 14.2. The van der Waals surface area contributed by atoms with Gasteiger partial charge < -0.3 is 19.7 Å². The average molecular weight is 294 g/mol. The Morgan fingerprint density at radius 2 is 2.35 bits per heavy atom. The summed E-state index contributed by atoms with van der Waals surface area (Å²) in [5.74, 6) is -0.337. The molecule has 20 heavy (non-hydrogen) atoms. The zero-order valence-corrected chi connectivity index (χ0v) is 12.3. The zero-order valence-electron chi connectivity index (χ0n) is 11.5. The molecule has 5 nitrogen and oxygen atoms in total. The van der Waals surface area contributed by atoms with E-state index < -0.39 is 5.97 Å². The van der Waals surface area contributed by atoms with Gasteiger partial charge in [0.1, 0.15) is 12.0 Å². The van der Waals surface area contributed by atoms with Gasteiger partial charge in [-0.25, -0.2) is 4.79 Å². The fourth-order valence-corrected chi connectivity index (χ4v) is 2.86. The van der Waals surface area contributed by atoms with E-state index in [1.165, 1.54) is 11.1 Å². The van der Waals surface area contributed by atoms with Crippen molar-refractivity contribution < 1.29 is 14.3 Å². The van der Waals surface area contributed by atoms with Gasteiger partial charge in [-0.1, -0.05) is 6.07 Å². The normalized spacial score (nSPS) is 12.8. The van der Waals surface area contributed by atoms with Gasteiger partial charge >= 0.3 is 5.97 Å². The van der Waals surface area contributed by atoms with Crippen LogP contribution in [0.4, 0.5) is 0 Å². The van der Waals surface area contributed by atoms with Gasteiger partial charge in [0.2, 0.25) is 0 Å².